The summed E-state index contributed by atoms with van der Waals surface area (Å²) in [7, 11) is 0. The second-order valence-corrected chi connectivity index (χ2v) is 8.40. The second kappa shape index (κ2) is 9.84. The lowest BCUT2D eigenvalue weighted by atomic mass is 9.95. The summed E-state index contributed by atoms with van der Waals surface area (Å²) < 4.78 is 2.34. The Bertz CT molecular complexity index is 1070. The van der Waals surface area contributed by atoms with Gasteiger partial charge in [0.25, 0.3) is 5.91 Å². The van der Waals surface area contributed by atoms with Gasteiger partial charge in [0.1, 0.15) is 11.6 Å². The number of halogens is 1. The molecule has 2 aromatic rings. The van der Waals surface area contributed by atoms with E-state index in [1.54, 1.807) is 24.3 Å². The fourth-order valence-corrected chi connectivity index (χ4v) is 4.47. The van der Waals surface area contributed by atoms with Crippen molar-refractivity contribution in [3.05, 3.63) is 51.8 Å². The van der Waals surface area contributed by atoms with E-state index in [1.165, 1.54) is 26.2 Å². The molecule has 1 fully saturated rings. The zero-order chi connectivity index (χ0) is 22.5. The van der Waals surface area contributed by atoms with Crippen LogP contribution in [0.4, 0.5) is 11.4 Å². The Kier molecular flexibility index (Phi) is 7.19. The third kappa shape index (κ3) is 5.36. The van der Waals surface area contributed by atoms with E-state index in [9.17, 15) is 14.9 Å². The van der Waals surface area contributed by atoms with Crippen molar-refractivity contribution in [2.24, 2.45) is 0 Å². The van der Waals surface area contributed by atoms with Crippen molar-refractivity contribution in [1.29, 1.82) is 5.26 Å². The highest BCUT2D eigenvalue weighted by Crippen LogP contribution is 2.33. The van der Waals surface area contributed by atoms with E-state index in [2.05, 4.69) is 22.1 Å². The van der Waals surface area contributed by atoms with Crippen LogP contribution in [-0.2, 0) is 9.59 Å². The number of amides is 2. The fraction of sp³-hybridized carbons (Fsp3) is 0.375. The highest BCUT2D eigenvalue weighted by Gasteiger charge is 2.20. The zero-order valence-electron chi connectivity index (χ0n) is 18.1. The number of anilines is 2. The minimum absolute atomic E-state index is 0.00546. The highest BCUT2D eigenvalue weighted by molar-refractivity contribution is 6.34. The first-order chi connectivity index (χ1) is 14.8. The second-order valence-electron chi connectivity index (χ2n) is 7.99. The number of rotatable bonds is 5. The Morgan fingerprint density at radius 3 is 2.48 bits per heavy atom. The molecule has 1 aliphatic carbocycles. The molecule has 0 saturated heterocycles. The van der Waals surface area contributed by atoms with Gasteiger partial charge < -0.3 is 15.2 Å². The molecule has 162 valence electrons. The zero-order valence-corrected chi connectivity index (χ0v) is 18.8. The lowest BCUT2D eigenvalue weighted by molar-refractivity contribution is -0.114. The summed E-state index contributed by atoms with van der Waals surface area (Å²) in [6, 6.07) is 9.29. The number of nitrogens with one attached hydrogen (secondary N) is 2. The van der Waals surface area contributed by atoms with E-state index in [4.69, 9.17) is 11.6 Å². The maximum atomic E-state index is 12.7. The minimum Gasteiger partial charge on any atom is -0.346 e. The van der Waals surface area contributed by atoms with E-state index in [1.807, 2.05) is 19.1 Å². The Labute approximate surface area is 187 Å². The van der Waals surface area contributed by atoms with Gasteiger partial charge in [0.2, 0.25) is 5.91 Å². The SMILES string of the molecule is CC(=O)Nc1ccc(NC(=O)/C(C#N)=C/c2cc(C)n(C3CCCCC3)c2C)c(Cl)c1. The van der Waals surface area contributed by atoms with Gasteiger partial charge in [0, 0.05) is 30.0 Å². The number of hydrogen-bond acceptors (Lipinski definition) is 3. The summed E-state index contributed by atoms with van der Waals surface area (Å²) in [6.07, 6.45) is 7.73. The maximum absolute atomic E-state index is 12.7. The Balaban J connectivity index is 1.81. The summed E-state index contributed by atoms with van der Waals surface area (Å²) >= 11 is 6.23. The van der Waals surface area contributed by atoms with Crippen LogP contribution in [0.2, 0.25) is 5.02 Å². The lowest BCUT2D eigenvalue weighted by Gasteiger charge is -2.26. The smallest absolute Gasteiger partial charge is 0.266 e. The minimum atomic E-state index is -0.529. The summed E-state index contributed by atoms with van der Waals surface area (Å²) in [5.41, 5.74) is 4.00. The van der Waals surface area contributed by atoms with Crippen LogP contribution in [0, 0.1) is 25.2 Å². The molecule has 31 heavy (non-hydrogen) atoms. The fourth-order valence-electron chi connectivity index (χ4n) is 4.24. The van der Waals surface area contributed by atoms with Crippen LogP contribution >= 0.6 is 11.6 Å². The molecule has 1 aromatic heterocycles. The van der Waals surface area contributed by atoms with Crippen LogP contribution in [0.15, 0.2) is 29.8 Å². The van der Waals surface area contributed by atoms with Crippen LogP contribution in [-0.4, -0.2) is 16.4 Å². The number of benzene rings is 1. The normalized spacial score (nSPS) is 14.7. The molecular weight excluding hydrogens is 412 g/mol. The molecule has 1 saturated carbocycles. The topological polar surface area (TPSA) is 86.9 Å². The molecule has 0 spiro atoms. The first kappa shape index (κ1) is 22.6. The predicted octanol–water partition coefficient (Wildman–Crippen LogP) is 5.77. The summed E-state index contributed by atoms with van der Waals surface area (Å²) in [5, 5.41) is 15.2. The first-order valence-corrected chi connectivity index (χ1v) is 10.9. The number of nitrogens with zero attached hydrogens (tertiary/aromatic N) is 2. The molecule has 2 amide bonds. The van der Waals surface area contributed by atoms with Gasteiger partial charge in [-0.25, -0.2) is 0 Å². The van der Waals surface area contributed by atoms with Gasteiger partial charge in [-0.15, -0.1) is 0 Å². The molecule has 3 rings (SSSR count). The van der Waals surface area contributed by atoms with Gasteiger partial charge in [-0.1, -0.05) is 30.9 Å². The van der Waals surface area contributed by atoms with Gasteiger partial charge in [0.15, 0.2) is 0 Å². The average molecular weight is 439 g/mol. The predicted molar refractivity (Wildman–Crippen MR) is 124 cm³/mol. The van der Waals surface area contributed by atoms with Crippen molar-refractivity contribution in [3.8, 4) is 6.07 Å². The van der Waals surface area contributed by atoms with Crippen molar-refractivity contribution < 1.29 is 9.59 Å². The number of nitriles is 1. The van der Waals surface area contributed by atoms with Crippen molar-refractivity contribution in [1.82, 2.24) is 4.57 Å². The lowest BCUT2D eigenvalue weighted by Crippen LogP contribution is -2.15. The van der Waals surface area contributed by atoms with Gasteiger partial charge in [0.05, 0.1) is 10.7 Å². The average Bonchev–Trinajstić information content (AvgIpc) is 3.01. The van der Waals surface area contributed by atoms with Crippen molar-refractivity contribution in [2.45, 2.75) is 58.9 Å². The molecule has 2 N–H and O–H groups in total. The van der Waals surface area contributed by atoms with E-state index in [-0.39, 0.29) is 16.5 Å². The molecule has 0 aliphatic heterocycles. The standard InChI is InChI=1S/C24H27ClN4O2/c1-15-11-18(16(2)29(15)21-7-5-4-6-8-21)12-19(14-26)24(31)28-23-10-9-20(13-22(23)25)27-17(3)30/h9-13,21H,4-8H2,1-3H3,(H,27,30)(H,28,31)/b19-12+. The Hall–Kier alpha value is -3.04. The van der Waals surface area contributed by atoms with Crippen molar-refractivity contribution in [2.75, 3.05) is 10.6 Å². The Morgan fingerprint density at radius 1 is 1.16 bits per heavy atom. The number of aryl methyl sites for hydroxylation is 1. The number of aromatic nitrogens is 1. The summed E-state index contributed by atoms with van der Waals surface area (Å²) in [5.74, 6) is -0.743. The largest absolute Gasteiger partial charge is 0.346 e. The number of carbonyl (C=O) groups excluding carboxylic acids is 2. The number of carbonyl (C=O) groups is 2. The molecular formula is C24H27ClN4O2. The van der Waals surface area contributed by atoms with Crippen LogP contribution < -0.4 is 10.6 Å². The molecule has 0 radical (unpaired) electrons. The maximum Gasteiger partial charge on any atom is 0.266 e. The molecule has 0 atom stereocenters. The highest BCUT2D eigenvalue weighted by atomic mass is 35.5. The quantitative estimate of drug-likeness (QED) is 0.459. The van der Waals surface area contributed by atoms with Gasteiger partial charge in [-0.3, -0.25) is 9.59 Å². The van der Waals surface area contributed by atoms with Gasteiger partial charge >= 0.3 is 0 Å². The van der Waals surface area contributed by atoms with E-state index < -0.39 is 5.91 Å². The number of hydrogen-bond donors (Lipinski definition) is 2. The third-order valence-electron chi connectivity index (χ3n) is 5.67. The monoisotopic (exact) mass is 438 g/mol. The van der Waals surface area contributed by atoms with Gasteiger partial charge in [-0.05, 0) is 62.6 Å². The van der Waals surface area contributed by atoms with E-state index in [0.717, 1.165) is 29.8 Å². The van der Waals surface area contributed by atoms with E-state index in [0.29, 0.717) is 17.4 Å². The molecule has 6 nitrogen and oxygen atoms in total. The van der Waals surface area contributed by atoms with E-state index >= 15 is 0 Å². The van der Waals surface area contributed by atoms with Crippen LogP contribution in [0.5, 0.6) is 0 Å². The van der Waals surface area contributed by atoms with Gasteiger partial charge in [-0.2, -0.15) is 5.26 Å². The van der Waals surface area contributed by atoms with Crippen LogP contribution in [0.3, 0.4) is 0 Å². The Morgan fingerprint density at radius 2 is 1.87 bits per heavy atom. The van der Waals surface area contributed by atoms with Crippen molar-refractivity contribution >= 4 is 40.9 Å². The summed E-state index contributed by atoms with van der Waals surface area (Å²) in [6.45, 7) is 5.51. The molecule has 7 heteroatoms. The molecule has 1 aromatic carbocycles. The van der Waals surface area contributed by atoms with Crippen molar-refractivity contribution in [3.63, 3.8) is 0 Å². The third-order valence-corrected chi connectivity index (χ3v) is 5.98. The molecule has 0 unspecified atom stereocenters. The van der Waals surface area contributed by atoms with Crippen LogP contribution in [0.1, 0.15) is 62.0 Å². The summed E-state index contributed by atoms with van der Waals surface area (Å²) in [4.78, 5) is 23.9. The first-order valence-electron chi connectivity index (χ1n) is 10.5. The molecule has 0 bridgehead atoms. The molecule has 1 aliphatic rings. The molecule has 1 heterocycles. The van der Waals surface area contributed by atoms with Crippen LogP contribution in [0.25, 0.3) is 6.08 Å².